The predicted molar refractivity (Wildman–Crippen MR) is 122 cm³/mol. The lowest BCUT2D eigenvalue weighted by molar-refractivity contribution is 0.0963. The molecule has 8 heteroatoms. The third kappa shape index (κ3) is 5.24. The lowest BCUT2D eigenvalue weighted by atomic mass is 9.93. The summed E-state index contributed by atoms with van der Waals surface area (Å²) >= 11 is 0. The number of rotatable bonds is 4. The minimum absolute atomic E-state index is 0. The number of carbonyl (C=O) groups is 1. The Labute approximate surface area is 183 Å². The molecular formula is C20H29IN6O. The highest BCUT2D eigenvalue weighted by Gasteiger charge is 2.28. The van der Waals surface area contributed by atoms with Crippen molar-refractivity contribution in [2.24, 2.45) is 10.9 Å². The van der Waals surface area contributed by atoms with Crippen LogP contribution in [0.2, 0.25) is 0 Å². The maximum absolute atomic E-state index is 11.8. The number of aliphatic imine (C=N–C) groups is 1. The Balaban J connectivity index is 0.00000280. The summed E-state index contributed by atoms with van der Waals surface area (Å²) < 4.78 is 2.19. The Bertz CT molecular complexity index is 792. The Morgan fingerprint density at radius 2 is 2.21 bits per heavy atom. The van der Waals surface area contributed by atoms with Crippen molar-refractivity contribution < 1.29 is 4.79 Å². The van der Waals surface area contributed by atoms with Crippen LogP contribution in [-0.2, 0) is 6.54 Å². The van der Waals surface area contributed by atoms with Crippen LogP contribution in [-0.4, -0.2) is 53.5 Å². The molecule has 1 aromatic heterocycles. The first-order chi connectivity index (χ1) is 13.1. The average Bonchev–Trinajstić information content (AvgIpc) is 3.23. The van der Waals surface area contributed by atoms with Gasteiger partial charge in [0, 0.05) is 51.7 Å². The molecule has 3 rings (SSSR count). The molecule has 2 aromatic rings. The van der Waals surface area contributed by atoms with Gasteiger partial charge >= 0.3 is 0 Å². The minimum Gasteiger partial charge on any atom is -0.355 e. The van der Waals surface area contributed by atoms with Gasteiger partial charge in [-0.1, -0.05) is 19.1 Å². The minimum atomic E-state index is -0.0746. The maximum atomic E-state index is 11.8. The number of halogens is 1. The molecule has 1 aliphatic heterocycles. The van der Waals surface area contributed by atoms with Gasteiger partial charge in [-0.2, -0.15) is 0 Å². The second-order valence-corrected chi connectivity index (χ2v) is 6.97. The van der Waals surface area contributed by atoms with E-state index in [1.165, 1.54) is 0 Å². The first-order valence-corrected chi connectivity index (χ1v) is 9.36. The number of likely N-dealkylation sites (tertiary alicyclic amines) is 1. The van der Waals surface area contributed by atoms with Crippen LogP contribution in [0.1, 0.15) is 35.3 Å². The number of imidazole rings is 1. The van der Waals surface area contributed by atoms with Gasteiger partial charge in [0.15, 0.2) is 5.96 Å². The van der Waals surface area contributed by atoms with Crippen LogP contribution >= 0.6 is 24.0 Å². The number of nitrogens with zero attached hydrogens (tertiary/aromatic N) is 4. The first kappa shape index (κ1) is 22.2. The third-order valence-electron chi connectivity index (χ3n) is 5.20. The Morgan fingerprint density at radius 3 is 2.89 bits per heavy atom. The fourth-order valence-corrected chi connectivity index (χ4v) is 3.58. The molecule has 0 radical (unpaired) electrons. The number of guanidine groups is 1. The van der Waals surface area contributed by atoms with E-state index >= 15 is 0 Å². The summed E-state index contributed by atoms with van der Waals surface area (Å²) in [6.45, 7) is 4.79. The molecule has 0 spiro atoms. The van der Waals surface area contributed by atoms with Gasteiger partial charge in [-0.3, -0.25) is 9.79 Å². The fraction of sp³-hybridized carbons (Fsp3) is 0.450. The number of hydrogen-bond acceptors (Lipinski definition) is 3. The topological polar surface area (TPSA) is 74.6 Å². The van der Waals surface area contributed by atoms with E-state index in [0.29, 0.717) is 24.1 Å². The van der Waals surface area contributed by atoms with Crippen LogP contribution in [0.5, 0.6) is 0 Å². The molecule has 2 heterocycles. The maximum Gasteiger partial charge on any atom is 0.251 e. The molecule has 1 fully saturated rings. The number of amides is 1. The van der Waals surface area contributed by atoms with E-state index in [1.807, 2.05) is 50.0 Å². The van der Waals surface area contributed by atoms with Gasteiger partial charge in [-0.05, 0) is 30.0 Å². The second kappa shape index (κ2) is 10.4. The fourth-order valence-electron chi connectivity index (χ4n) is 3.58. The highest BCUT2D eigenvalue weighted by Crippen LogP contribution is 2.27. The van der Waals surface area contributed by atoms with Crippen LogP contribution in [0.3, 0.4) is 0 Å². The summed E-state index contributed by atoms with van der Waals surface area (Å²) in [6, 6.07) is 8.03. The van der Waals surface area contributed by atoms with Crippen LogP contribution < -0.4 is 10.6 Å². The Kier molecular flexibility index (Phi) is 8.28. The molecule has 0 bridgehead atoms. The molecule has 1 aromatic carbocycles. The summed E-state index contributed by atoms with van der Waals surface area (Å²) in [4.78, 5) is 22.8. The van der Waals surface area contributed by atoms with E-state index in [1.54, 1.807) is 7.05 Å². The molecule has 2 N–H and O–H groups in total. The van der Waals surface area contributed by atoms with Crippen molar-refractivity contribution in [3.63, 3.8) is 0 Å². The Morgan fingerprint density at radius 1 is 1.39 bits per heavy atom. The van der Waals surface area contributed by atoms with Crippen LogP contribution in [0, 0.1) is 5.92 Å². The quantitative estimate of drug-likeness (QED) is 0.388. The molecule has 1 amide bonds. The zero-order valence-corrected chi connectivity index (χ0v) is 19.0. The van der Waals surface area contributed by atoms with Crippen molar-refractivity contribution >= 4 is 35.8 Å². The lowest BCUT2D eigenvalue weighted by Gasteiger charge is -2.39. The lowest BCUT2D eigenvalue weighted by Crippen LogP contribution is -2.48. The van der Waals surface area contributed by atoms with Gasteiger partial charge in [0.2, 0.25) is 0 Å². The average molecular weight is 496 g/mol. The van der Waals surface area contributed by atoms with Crippen LogP contribution in [0.4, 0.5) is 0 Å². The van der Waals surface area contributed by atoms with E-state index in [0.717, 1.165) is 31.0 Å². The van der Waals surface area contributed by atoms with Crippen molar-refractivity contribution in [2.75, 3.05) is 27.2 Å². The highest BCUT2D eigenvalue weighted by atomic mass is 127. The SMILES string of the molecule is CN=C(NCc1cccc(C(=O)NC)c1)N1CCC(C)C(n2ccnc2)C1.I. The predicted octanol–water partition coefficient (Wildman–Crippen LogP) is 2.52. The van der Waals surface area contributed by atoms with Crippen LogP contribution in [0.15, 0.2) is 48.0 Å². The standard InChI is InChI=1S/C20H28N6O.HI/c1-15-7-9-25(13-18(15)26-10-8-23-14-26)20(22-3)24-12-16-5-4-6-17(11-16)19(27)21-2;/h4-6,8,10-11,14-15,18H,7,9,12-13H2,1-3H3,(H,21,27)(H,22,24);1H. The van der Waals surface area contributed by atoms with Crippen molar-refractivity contribution in [1.82, 2.24) is 25.1 Å². The zero-order chi connectivity index (χ0) is 19.2. The molecular weight excluding hydrogens is 467 g/mol. The van der Waals surface area contributed by atoms with Gasteiger partial charge < -0.3 is 20.1 Å². The molecule has 2 unspecified atom stereocenters. The van der Waals surface area contributed by atoms with E-state index < -0.39 is 0 Å². The summed E-state index contributed by atoms with van der Waals surface area (Å²) in [6.07, 6.45) is 6.87. The second-order valence-electron chi connectivity index (χ2n) is 6.97. The Hall–Kier alpha value is -2.10. The van der Waals surface area contributed by atoms with Crippen molar-refractivity contribution in [1.29, 1.82) is 0 Å². The number of carbonyl (C=O) groups excluding carboxylic acids is 1. The smallest absolute Gasteiger partial charge is 0.251 e. The van der Waals surface area contributed by atoms with Gasteiger partial charge in [-0.15, -0.1) is 24.0 Å². The monoisotopic (exact) mass is 496 g/mol. The van der Waals surface area contributed by atoms with E-state index in [2.05, 4.69) is 37.0 Å². The van der Waals surface area contributed by atoms with Gasteiger partial charge in [-0.25, -0.2) is 4.98 Å². The number of piperidine rings is 1. The molecule has 1 aliphatic rings. The van der Waals surface area contributed by atoms with Crippen LogP contribution in [0.25, 0.3) is 0 Å². The van der Waals surface area contributed by atoms with Gasteiger partial charge in [0.05, 0.1) is 12.4 Å². The first-order valence-electron chi connectivity index (χ1n) is 9.36. The van der Waals surface area contributed by atoms with Crippen molar-refractivity contribution in [2.45, 2.75) is 25.9 Å². The molecule has 28 heavy (non-hydrogen) atoms. The van der Waals surface area contributed by atoms with Crippen molar-refractivity contribution in [3.8, 4) is 0 Å². The number of hydrogen-bond donors (Lipinski definition) is 2. The van der Waals surface area contributed by atoms with Gasteiger partial charge in [0.1, 0.15) is 0 Å². The molecule has 2 atom stereocenters. The zero-order valence-electron chi connectivity index (χ0n) is 16.6. The summed E-state index contributed by atoms with van der Waals surface area (Å²) in [5.74, 6) is 1.41. The molecule has 1 saturated heterocycles. The van der Waals surface area contributed by atoms with E-state index in [-0.39, 0.29) is 29.9 Å². The number of benzene rings is 1. The summed E-state index contributed by atoms with van der Waals surface area (Å²) in [7, 11) is 3.46. The van der Waals surface area contributed by atoms with Crippen molar-refractivity contribution in [3.05, 3.63) is 54.1 Å². The van der Waals surface area contributed by atoms with E-state index in [9.17, 15) is 4.79 Å². The molecule has 7 nitrogen and oxygen atoms in total. The summed E-state index contributed by atoms with van der Waals surface area (Å²) in [5.41, 5.74) is 1.72. The van der Waals surface area contributed by atoms with Gasteiger partial charge in [0.25, 0.3) is 5.91 Å². The summed E-state index contributed by atoms with van der Waals surface area (Å²) in [5, 5.41) is 6.10. The van der Waals surface area contributed by atoms with E-state index in [4.69, 9.17) is 0 Å². The third-order valence-corrected chi connectivity index (χ3v) is 5.20. The molecule has 0 aliphatic carbocycles. The number of aromatic nitrogens is 2. The number of nitrogens with one attached hydrogen (secondary N) is 2. The largest absolute Gasteiger partial charge is 0.355 e. The highest BCUT2D eigenvalue weighted by molar-refractivity contribution is 14.0. The normalized spacial score (nSPS) is 19.7. The molecule has 0 saturated carbocycles. The molecule has 152 valence electrons.